The van der Waals surface area contributed by atoms with Gasteiger partial charge in [0.05, 0.1) is 12.2 Å². The van der Waals surface area contributed by atoms with Crippen LogP contribution in [0.3, 0.4) is 0 Å². The molecule has 0 aromatic rings. The molecule has 0 rings (SSSR count). The van der Waals surface area contributed by atoms with Gasteiger partial charge in [0, 0.05) is 0 Å². The van der Waals surface area contributed by atoms with E-state index in [1.54, 1.807) is 0 Å². The fourth-order valence-corrected chi connectivity index (χ4v) is 0.846. The third kappa shape index (κ3) is 14.3. The zero-order valence-electron chi connectivity index (χ0n) is 11.9. The summed E-state index contributed by atoms with van der Waals surface area (Å²) < 4.78 is 9.06. The molecule has 0 heterocycles. The van der Waals surface area contributed by atoms with E-state index in [2.05, 4.69) is 9.47 Å². The van der Waals surface area contributed by atoms with Crippen LogP contribution in [0.4, 0.5) is 0 Å². The molecule has 0 saturated carbocycles. The third-order valence-corrected chi connectivity index (χ3v) is 1.44. The van der Waals surface area contributed by atoms with Gasteiger partial charge >= 0.3 is 46.1 Å². The molecule has 0 N–H and O–H groups in total. The quantitative estimate of drug-likeness (QED) is 0.311. The van der Waals surface area contributed by atoms with Gasteiger partial charge in [-0.15, -0.1) is 0 Å². The largest absolute Gasteiger partial charge is 2.00 e. The van der Waals surface area contributed by atoms with Gasteiger partial charge in [-0.1, -0.05) is 0 Å². The van der Waals surface area contributed by atoms with E-state index in [-0.39, 0.29) is 80.1 Å². The van der Waals surface area contributed by atoms with Crippen molar-refractivity contribution >= 4 is 58.0 Å². The Morgan fingerprint density at radius 3 is 1.10 bits per heavy atom. The summed E-state index contributed by atoms with van der Waals surface area (Å²) in [6.07, 6.45) is -5.57. The molecule has 0 aromatic carbocycles. The van der Waals surface area contributed by atoms with Crippen molar-refractivity contribution in [3.05, 3.63) is 0 Å². The zero-order chi connectivity index (χ0) is 12.9. The smallest absolute Gasteiger partial charge is 1.00 e. The molecule has 0 aliphatic carbocycles. The minimum Gasteiger partial charge on any atom is -1.00 e. The number of carbonyl (C=O) groups excluding carboxylic acids is 2. The summed E-state index contributed by atoms with van der Waals surface area (Å²) in [7, 11) is 0. The predicted octanol–water partition coefficient (Wildman–Crippen LogP) is -8.41. The van der Waals surface area contributed by atoms with Crippen molar-refractivity contribution in [3.8, 4) is 0 Å². The normalized spacial score (nSPS) is 11.8. The van der Waals surface area contributed by atoms with Crippen LogP contribution in [0.5, 0.6) is 0 Å². The van der Waals surface area contributed by atoms with E-state index >= 15 is 0 Å². The Balaban J connectivity index is -0.000000187. The first-order chi connectivity index (χ1) is 7.25. The van der Waals surface area contributed by atoms with Crippen LogP contribution in [0.2, 0.25) is 0 Å². The second kappa shape index (κ2) is 16.7. The standard InChI is InChI=1S/C10H16O6.2BrH.2Mg/c1-5(2)15-9(13)7(11)8(12)10(14)16-6(3)4;;;;/h5-8H,1-4H3;2*1H;;/q-2;;;2*+2/p-2/t7-,8-;;;;/m0..../s1. The molecular formula is C10H16Br2Mg2O6. The van der Waals surface area contributed by atoms with Crippen molar-refractivity contribution in [1.29, 1.82) is 0 Å². The zero-order valence-corrected chi connectivity index (χ0v) is 17.9. The van der Waals surface area contributed by atoms with Gasteiger partial charge in [0.15, 0.2) is 0 Å². The molecule has 0 aliphatic rings. The van der Waals surface area contributed by atoms with E-state index < -0.39 is 36.4 Å². The number of hydrogen-bond donors (Lipinski definition) is 0. The maximum Gasteiger partial charge on any atom is 2.00 e. The predicted molar refractivity (Wildman–Crippen MR) is 61.5 cm³/mol. The Kier molecular flexibility index (Phi) is 27.6. The van der Waals surface area contributed by atoms with Gasteiger partial charge in [-0.2, -0.15) is 0 Å². The Bertz CT molecular complexity index is 240. The summed E-state index contributed by atoms with van der Waals surface area (Å²) in [5, 5.41) is 22.4. The molecule has 0 spiro atoms. The molecule has 0 fully saturated rings. The summed E-state index contributed by atoms with van der Waals surface area (Å²) in [4.78, 5) is 22.1. The summed E-state index contributed by atoms with van der Waals surface area (Å²) in [6, 6.07) is 0. The van der Waals surface area contributed by atoms with E-state index in [0.717, 1.165) is 0 Å². The molecule has 0 radical (unpaired) electrons. The molecule has 0 saturated heterocycles. The van der Waals surface area contributed by atoms with Crippen molar-refractivity contribution in [1.82, 2.24) is 0 Å². The number of esters is 2. The minimum atomic E-state index is -2.28. The first-order valence-electron chi connectivity index (χ1n) is 4.98. The van der Waals surface area contributed by atoms with E-state index in [1.807, 2.05) is 0 Å². The van der Waals surface area contributed by atoms with Crippen LogP contribution < -0.4 is 44.2 Å². The Morgan fingerprint density at radius 2 is 0.950 bits per heavy atom. The molecule has 0 bridgehead atoms. The van der Waals surface area contributed by atoms with Gasteiger partial charge < -0.3 is 53.6 Å². The number of rotatable bonds is 5. The fraction of sp³-hybridized carbons (Fsp3) is 0.800. The van der Waals surface area contributed by atoms with Crippen LogP contribution >= 0.6 is 0 Å². The first-order valence-corrected chi connectivity index (χ1v) is 4.98. The maximum absolute atomic E-state index is 11.2. The topological polar surface area (TPSA) is 98.7 Å². The van der Waals surface area contributed by atoms with Crippen molar-refractivity contribution in [2.75, 3.05) is 0 Å². The number of hydrogen-bond acceptors (Lipinski definition) is 6. The van der Waals surface area contributed by atoms with Crippen molar-refractivity contribution in [3.63, 3.8) is 0 Å². The van der Waals surface area contributed by atoms with Crippen LogP contribution in [-0.2, 0) is 19.1 Å². The van der Waals surface area contributed by atoms with Crippen LogP contribution in [-0.4, -0.2) is 82.5 Å². The second-order valence-electron chi connectivity index (χ2n) is 3.81. The molecule has 0 unspecified atom stereocenters. The monoisotopic (exact) mass is 438 g/mol. The molecule has 0 aliphatic heterocycles. The fourth-order valence-electron chi connectivity index (χ4n) is 0.846. The molecular weight excluding hydrogens is 425 g/mol. The van der Waals surface area contributed by atoms with Crippen LogP contribution in [0, 0.1) is 0 Å². The first kappa shape index (κ1) is 33.1. The summed E-state index contributed by atoms with van der Waals surface area (Å²) in [6.45, 7) is 6.15. The molecule has 6 nitrogen and oxygen atoms in total. The third-order valence-electron chi connectivity index (χ3n) is 1.44. The minimum absolute atomic E-state index is 0. The summed E-state index contributed by atoms with van der Waals surface area (Å²) in [5.41, 5.74) is 0. The summed E-state index contributed by atoms with van der Waals surface area (Å²) in [5.74, 6) is -2.45. The molecule has 20 heavy (non-hydrogen) atoms. The Morgan fingerprint density at radius 1 is 0.750 bits per heavy atom. The molecule has 0 amide bonds. The van der Waals surface area contributed by atoms with E-state index in [9.17, 15) is 19.8 Å². The van der Waals surface area contributed by atoms with E-state index in [0.29, 0.717) is 0 Å². The molecule has 0 aromatic heterocycles. The number of halogens is 2. The second-order valence-corrected chi connectivity index (χ2v) is 3.81. The van der Waals surface area contributed by atoms with Crippen molar-refractivity contribution < 1.29 is 63.2 Å². The molecule has 110 valence electrons. The van der Waals surface area contributed by atoms with Crippen molar-refractivity contribution in [2.24, 2.45) is 0 Å². The van der Waals surface area contributed by atoms with Gasteiger partial charge in [0.25, 0.3) is 11.9 Å². The molecule has 2 atom stereocenters. The van der Waals surface area contributed by atoms with Gasteiger partial charge in [0.1, 0.15) is 0 Å². The van der Waals surface area contributed by atoms with Gasteiger partial charge in [-0.05, 0) is 39.9 Å². The van der Waals surface area contributed by atoms with Crippen LogP contribution in [0.25, 0.3) is 0 Å². The average Bonchev–Trinajstić information content (AvgIpc) is 2.13. The van der Waals surface area contributed by atoms with E-state index in [4.69, 9.17) is 0 Å². The van der Waals surface area contributed by atoms with Gasteiger partial charge in [-0.25, -0.2) is 0 Å². The van der Waals surface area contributed by atoms with Gasteiger partial charge in [-0.3, -0.25) is 9.59 Å². The summed E-state index contributed by atoms with van der Waals surface area (Å²) >= 11 is 0. The maximum atomic E-state index is 11.2. The van der Waals surface area contributed by atoms with E-state index in [1.165, 1.54) is 27.7 Å². The Labute approximate surface area is 172 Å². The van der Waals surface area contributed by atoms with Crippen molar-refractivity contribution in [2.45, 2.75) is 52.1 Å². The molecule has 10 heteroatoms. The Hall–Kier alpha value is 1.35. The SMILES string of the molecule is CC(C)OC(=O)[C@@H]([O-])[C@H]([O-])C(=O)OC(C)C.[Br-].[Br-].[Mg+2].[Mg+2]. The van der Waals surface area contributed by atoms with Gasteiger partial charge in [0.2, 0.25) is 0 Å². The van der Waals surface area contributed by atoms with Crippen LogP contribution in [0.15, 0.2) is 0 Å². The number of ether oxygens (including phenoxy) is 2. The van der Waals surface area contributed by atoms with Crippen LogP contribution in [0.1, 0.15) is 27.7 Å². The average molecular weight is 441 g/mol. The number of carbonyl (C=O) groups is 2.